The van der Waals surface area contributed by atoms with Gasteiger partial charge in [0.2, 0.25) is 0 Å². The topological polar surface area (TPSA) is 43.4 Å². The van der Waals surface area contributed by atoms with Crippen molar-refractivity contribution < 1.29 is 12.6 Å². The Kier molecular flexibility index (Phi) is 4.32. The summed E-state index contributed by atoms with van der Waals surface area (Å²) in [4.78, 5) is 0. The van der Waals surface area contributed by atoms with Crippen LogP contribution in [0.4, 0.5) is 0 Å². The zero-order valence-electron chi connectivity index (χ0n) is 16.4. The molecule has 27 heavy (non-hydrogen) atoms. The maximum atomic E-state index is 11.4. The third kappa shape index (κ3) is 3.05. The molecule has 1 aliphatic carbocycles. The molecule has 3 aromatic carbocycles. The zero-order chi connectivity index (χ0) is 19.4. The van der Waals surface area contributed by atoms with Crippen molar-refractivity contribution in [2.24, 2.45) is 5.92 Å². The Bertz CT molecular complexity index is 1150. The summed E-state index contributed by atoms with van der Waals surface area (Å²) in [5.41, 5.74) is 3.97. The highest BCUT2D eigenvalue weighted by Crippen LogP contribution is 2.47. The Morgan fingerprint density at radius 1 is 1.04 bits per heavy atom. The molecule has 0 aliphatic heterocycles. The molecule has 0 spiro atoms. The summed E-state index contributed by atoms with van der Waals surface area (Å²) >= 11 is 0. The second-order valence-electron chi connectivity index (χ2n) is 8.23. The first-order valence-electron chi connectivity index (χ1n) is 9.49. The van der Waals surface area contributed by atoms with E-state index in [1.807, 2.05) is 0 Å². The Labute approximate surface area is 161 Å². The SMILES string of the molecule is Cc1cccc2c1ccc1c3c(ccc12)[C@](C)([C@H](C)COS(C)(=O)=O)CC3. The van der Waals surface area contributed by atoms with E-state index in [0.717, 1.165) is 19.1 Å². The van der Waals surface area contributed by atoms with Gasteiger partial charge in [-0.1, -0.05) is 56.3 Å². The van der Waals surface area contributed by atoms with Crippen LogP contribution in [0.1, 0.15) is 37.0 Å². The largest absolute Gasteiger partial charge is 0.270 e. The van der Waals surface area contributed by atoms with Crippen LogP contribution >= 0.6 is 0 Å². The summed E-state index contributed by atoms with van der Waals surface area (Å²) in [6.07, 6.45) is 3.15. The Morgan fingerprint density at radius 2 is 1.70 bits per heavy atom. The lowest BCUT2D eigenvalue weighted by Crippen LogP contribution is -2.31. The fourth-order valence-corrected chi connectivity index (χ4v) is 5.09. The third-order valence-corrected chi connectivity index (χ3v) is 7.08. The van der Waals surface area contributed by atoms with Gasteiger partial charge >= 0.3 is 0 Å². The van der Waals surface area contributed by atoms with Crippen molar-refractivity contribution in [2.45, 2.75) is 39.0 Å². The van der Waals surface area contributed by atoms with Crippen LogP contribution in [0.15, 0.2) is 42.5 Å². The Morgan fingerprint density at radius 3 is 2.44 bits per heavy atom. The van der Waals surface area contributed by atoms with Crippen LogP contribution in [0, 0.1) is 12.8 Å². The molecule has 0 fully saturated rings. The summed E-state index contributed by atoms with van der Waals surface area (Å²) in [5, 5.41) is 5.24. The van der Waals surface area contributed by atoms with Gasteiger partial charge in [-0.05, 0) is 69.3 Å². The molecular weight excluding hydrogens is 356 g/mol. The minimum Gasteiger partial charge on any atom is -0.270 e. The molecule has 1 aliphatic rings. The van der Waals surface area contributed by atoms with Gasteiger partial charge in [-0.3, -0.25) is 4.18 Å². The molecular formula is C23H26O3S. The van der Waals surface area contributed by atoms with Gasteiger partial charge in [0.15, 0.2) is 0 Å². The average Bonchev–Trinajstić information content (AvgIpc) is 2.97. The summed E-state index contributed by atoms with van der Waals surface area (Å²) in [7, 11) is -3.42. The van der Waals surface area contributed by atoms with Crippen molar-refractivity contribution >= 4 is 31.7 Å². The first kappa shape index (κ1) is 18.5. The molecule has 3 nitrogen and oxygen atoms in total. The molecule has 0 N–H and O–H groups in total. The van der Waals surface area contributed by atoms with Crippen molar-refractivity contribution in [3.05, 3.63) is 59.2 Å². The smallest absolute Gasteiger partial charge is 0.264 e. The van der Waals surface area contributed by atoms with Crippen LogP contribution in [-0.4, -0.2) is 21.3 Å². The van der Waals surface area contributed by atoms with Crippen molar-refractivity contribution in [1.82, 2.24) is 0 Å². The zero-order valence-corrected chi connectivity index (χ0v) is 17.2. The maximum Gasteiger partial charge on any atom is 0.264 e. The molecule has 0 saturated heterocycles. The highest BCUT2D eigenvalue weighted by atomic mass is 32.2. The number of benzene rings is 3. The fourth-order valence-electron chi connectivity index (χ4n) is 4.64. The predicted octanol–water partition coefficient (Wildman–Crippen LogP) is 5.12. The third-order valence-electron chi connectivity index (χ3n) is 6.52. The summed E-state index contributed by atoms with van der Waals surface area (Å²) in [5.74, 6) is 0.119. The molecule has 0 bridgehead atoms. The fraction of sp³-hybridized carbons (Fsp3) is 0.391. The van der Waals surface area contributed by atoms with Gasteiger partial charge in [-0.15, -0.1) is 0 Å². The molecule has 0 heterocycles. The summed E-state index contributed by atoms with van der Waals surface area (Å²) in [6.45, 7) is 6.71. The lowest BCUT2D eigenvalue weighted by molar-refractivity contribution is 0.194. The molecule has 0 aromatic heterocycles. The summed E-state index contributed by atoms with van der Waals surface area (Å²) in [6, 6.07) is 15.5. The Hall–Kier alpha value is -1.91. The quantitative estimate of drug-likeness (QED) is 0.465. The maximum absolute atomic E-state index is 11.4. The van der Waals surface area contributed by atoms with Crippen molar-refractivity contribution in [3.63, 3.8) is 0 Å². The van der Waals surface area contributed by atoms with E-state index in [0.29, 0.717) is 0 Å². The molecule has 0 radical (unpaired) electrons. The standard InChI is InChI=1S/C23H26O3S/c1-15-6-5-7-18-17(15)8-9-20-19(18)10-11-22-21(20)12-13-23(22,3)16(2)14-26-27(4,24)25/h5-11,16H,12-14H2,1-4H3/t16-,23+/m1/s1. The van der Waals surface area contributed by atoms with Gasteiger partial charge in [-0.2, -0.15) is 8.42 Å². The lowest BCUT2D eigenvalue weighted by atomic mass is 9.73. The van der Waals surface area contributed by atoms with E-state index in [1.54, 1.807) is 0 Å². The van der Waals surface area contributed by atoms with Crippen molar-refractivity contribution in [3.8, 4) is 0 Å². The van der Waals surface area contributed by atoms with Crippen molar-refractivity contribution in [2.75, 3.05) is 12.9 Å². The van der Waals surface area contributed by atoms with E-state index in [-0.39, 0.29) is 17.9 Å². The van der Waals surface area contributed by atoms with Crippen LogP contribution < -0.4 is 0 Å². The van der Waals surface area contributed by atoms with Gasteiger partial charge in [0.05, 0.1) is 12.9 Å². The first-order chi connectivity index (χ1) is 12.7. The van der Waals surface area contributed by atoms with Crippen LogP contribution in [0.3, 0.4) is 0 Å². The molecule has 0 unspecified atom stereocenters. The molecule has 4 heteroatoms. The van der Waals surface area contributed by atoms with Crippen molar-refractivity contribution in [1.29, 1.82) is 0 Å². The van der Waals surface area contributed by atoms with E-state index >= 15 is 0 Å². The molecule has 0 saturated carbocycles. The summed E-state index contributed by atoms with van der Waals surface area (Å²) < 4.78 is 27.9. The average molecular weight is 383 g/mol. The van der Waals surface area contributed by atoms with Gasteiger partial charge < -0.3 is 0 Å². The highest BCUT2D eigenvalue weighted by Gasteiger charge is 2.40. The molecule has 0 amide bonds. The molecule has 142 valence electrons. The lowest BCUT2D eigenvalue weighted by Gasteiger charge is -2.32. The number of hydrogen-bond donors (Lipinski definition) is 0. The van der Waals surface area contributed by atoms with Crippen LogP contribution in [0.2, 0.25) is 0 Å². The second kappa shape index (κ2) is 6.32. The minimum atomic E-state index is -3.42. The Balaban J connectivity index is 1.81. The van der Waals surface area contributed by atoms with E-state index in [2.05, 4.69) is 63.2 Å². The van der Waals surface area contributed by atoms with E-state index in [4.69, 9.17) is 4.18 Å². The van der Waals surface area contributed by atoms with Gasteiger partial charge in [-0.25, -0.2) is 0 Å². The van der Waals surface area contributed by atoms with E-state index in [9.17, 15) is 8.42 Å². The molecule has 2 atom stereocenters. The molecule has 4 rings (SSSR count). The first-order valence-corrected chi connectivity index (χ1v) is 11.3. The van der Waals surface area contributed by atoms with E-state index in [1.165, 1.54) is 38.2 Å². The second-order valence-corrected chi connectivity index (χ2v) is 9.87. The van der Waals surface area contributed by atoms with Gasteiger partial charge in [0, 0.05) is 0 Å². The number of fused-ring (bicyclic) bond motifs is 5. The number of aryl methyl sites for hydroxylation is 2. The minimum absolute atomic E-state index is 0.0736. The van der Waals surface area contributed by atoms with Gasteiger partial charge in [0.25, 0.3) is 10.1 Å². The molecule has 3 aromatic rings. The van der Waals surface area contributed by atoms with E-state index < -0.39 is 10.1 Å². The number of hydrogen-bond acceptors (Lipinski definition) is 3. The van der Waals surface area contributed by atoms with Gasteiger partial charge in [0.1, 0.15) is 0 Å². The van der Waals surface area contributed by atoms with Crippen LogP contribution in [-0.2, 0) is 26.1 Å². The normalized spacial score (nSPS) is 20.9. The monoisotopic (exact) mass is 382 g/mol. The van der Waals surface area contributed by atoms with Crippen LogP contribution in [0.5, 0.6) is 0 Å². The predicted molar refractivity (Wildman–Crippen MR) is 112 cm³/mol. The van der Waals surface area contributed by atoms with Crippen LogP contribution in [0.25, 0.3) is 21.5 Å². The number of rotatable bonds is 4. The highest BCUT2D eigenvalue weighted by molar-refractivity contribution is 7.85.